The lowest BCUT2D eigenvalue weighted by Crippen LogP contribution is -2.59. The maximum atomic E-state index is 13.3. The van der Waals surface area contributed by atoms with Crippen LogP contribution in [0.2, 0.25) is 0 Å². The molecule has 6 nitrogen and oxygen atoms in total. The Labute approximate surface area is 188 Å². The summed E-state index contributed by atoms with van der Waals surface area (Å²) in [5.41, 5.74) is -0.898. The van der Waals surface area contributed by atoms with Crippen molar-refractivity contribution in [3.63, 3.8) is 0 Å². The minimum Gasteiger partial charge on any atom is -0.445 e. The second kappa shape index (κ2) is 9.24. The van der Waals surface area contributed by atoms with Crippen molar-refractivity contribution in [3.05, 3.63) is 70.8 Å². The number of carbonyl (C=O) groups excluding carboxylic acids is 2. The molecule has 2 aromatic rings. The Balaban J connectivity index is 1.48. The zero-order valence-corrected chi connectivity index (χ0v) is 17.5. The van der Waals surface area contributed by atoms with Gasteiger partial charge in [0.15, 0.2) is 5.78 Å². The van der Waals surface area contributed by atoms with Gasteiger partial charge in [0, 0.05) is 11.5 Å². The molecule has 172 valence electrons. The molecule has 1 amide bonds. The normalized spacial score (nSPS) is 22.4. The SMILES string of the molecule is N#Cc1ccc(C(=O)C2CC3COCC(C2)N3C(=O)OCc2ccccc2)cc1C(F)(F)F. The number of nitriles is 1. The van der Waals surface area contributed by atoms with Crippen LogP contribution in [0.25, 0.3) is 0 Å². The van der Waals surface area contributed by atoms with E-state index >= 15 is 0 Å². The number of amides is 1. The van der Waals surface area contributed by atoms with Gasteiger partial charge in [-0.2, -0.15) is 18.4 Å². The van der Waals surface area contributed by atoms with Crippen LogP contribution in [0.5, 0.6) is 0 Å². The fourth-order valence-electron chi connectivity index (χ4n) is 4.49. The van der Waals surface area contributed by atoms with E-state index in [1.54, 1.807) is 4.90 Å². The number of ether oxygens (including phenoxy) is 2. The number of carbonyl (C=O) groups is 2. The molecule has 2 saturated heterocycles. The van der Waals surface area contributed by atoms with Gasteiger partial charge in [-0.1, -0.05) is 36.4 Å². The summed E-state index contributed by atoms with van der Waals surface area (Å²) in [7, 11) is 0. The van der Waals surface area contributed by atoms with Gasteiger partial charge >= 0.3 is 12.3 Å². The molecule has 9 heteroatoms. The van der Waals surface area contributed by atoms with Crippen LogP contribution in [0.4, 0.5) is 18.0 Å². The average Bonchev–Trinajstić information content (AvgIpc) is 2.81. The Bertz CT molecular complexity index is 1070. The number of ketones is 1. The lowest BCUT2D eigenvalue weighted by atomic mass is 9.80. The number of alkyl halides is 3. The number of rotatable bonds is 4. The molecule has 0 radical (unpaired) electrons. The number of piperidine rings is 1. The van der Waals surface area contributed by atoms with Crippen LogP contribution < -0.4 is 0 Å². The van der Waals surface area contributed by atoms with Crippen molar-refractivity contribution < 1.29 is 32.2 Å². The van der Waals surface area contributed by atoms with E-state index in [1.807, 2.05) is 30.3 Å². The highest BCUT2D eigenvalue weighted by Crippen LogP contribution is 2.36. The van der Waals surface area contributed by atoms with E-state index in [-0.39, 0.29) is 38.2 Å². The first kappa shape index (κ1) is 22.8. The van der Waals surface area contributed by atoms with E-state index in [0.717, 1.165) is 17.7 Å². The zero-order chi connectivity index (χ0) is 23.6. The Morgan fingerprint density at radius 3 is 2.36 bits per heavy atom. The van der Waals surface area contributed by atoms with Gasteiger partial charge in [-0.3, -0.25) is 9.69 Å². The number of halogens is 3. The summed E-state index contributed by atoms with van der Waals surface area (Å²) >= 11 is 0. The molecule has 4 rings (SSSR count). The highest BCUT2D eigenvalue weighted by molar-refractivity contribution is 5.98. The van der Waals surface area contributed by atoms with Gasteiger partial charge in [-0.05, 0) is 30.5 Å². The van der Waals surface area contributed by atoms with Crippen LogP contribution in [0.3, 0.4) is 0 Å². The van der Waals surface area contributed by atoms with Gasteiger partial charge < -0.3 is 9.47 Å². The van der Waals surface area contributed by atoms with Crippen molar-refractivity contribution in [2.45, 2.75) is 37.7 Å². The molecule has 0 aliphatic carbocycles. The third kappa shape index (κ3) is 4.86. The molecule has 2 aromatic carbocycles. The zero-order valence-electron chi connectivity index (χ0n) is 17.5. The molecule has 2 atom stereocenters. The number of hydrogen-bond donors (Lipinski definition) is 0. The molecule has 2 heterocycles. The van der Waals surface area contributed by atoms with Crippen LogP contribution in [-0.4, -0.2) is 42.1 Å². The van der Waals surface area contributed by atoms with Crippen molar-refractivity contribution in [2.24, 2.45) is 5.92 Å². The van der Waals surface area contributed by atoms with E-state index in [0.29, 0.717) is 0 Å². The Morgan fingerprint density at radius 2 is 1.76 bits per heavy atom. The van der Waals surface area contributed by atoms with Gasteiger partial charge in [0.1, 0.15) is 6.61 Å². The number of fused-ring (bicyclic) bond motifs is 2. The molecule has 2 unspecified atom stereocenters. The Kier molecular flexibility index (Phi) is 6.38. The monoisotopic (exact) mass is 458 g/mol. The summed E-state index contributed by atoms with van der Waals surface area (Å²) in [6, 6.07) is 13.0. The fourth-order valence-corrected chi connectivity index (χ4v) is 4.49. The number of nitrogens with zero attached hydrogens (tertiary/aromatic N) is 2. The highest BCUT2D eigenvalue weighted by Gasteiger charge is 2.45. The van der Waals surface area contributed by atoms with Crippen molar-refractivity contribution >= 4 is 11.9 Å². The van der Waals surface area contributed by atoms with Gasteiger partial charge in [0.2, 0.25) is 0 Å². The summed E-state index contributed by atoms with van der Waals surface area (Å²) in [4.78, 5) is 27.4. The molecular formula is C24H21F3N2O4. The minimum atomic E-state index is -4.74. The second-order valence-electron chi connectivity index (χ2n) is 8.20. The predicted octanol–water partition coefficient (Wildman–Crippen LogP) is 4.58. The quantitative estimate of drug-likeness (QED) is 0.627. The van der Waals surface area contributed by atoms with Crippen LogP contribution >= 0.6 is 0 Å². The molecule has 0 aromatic heterocycles. The molecular weight excluding hydrogens is 437 g/mol. The van der Waals surface area contributed by atoms with Gasteiger partial charge in [0.25, 0.3) is 0 Å². The van der Waals surface area contributed by atoms with Crippen molar-refractivity contribution in [2.75, 3.05) is 13.2 Å². The van der Waals surface area contributed by atoms with Gasteiger partial charge in [-0.25, -0.2) is 4.79 Å². The van der Waals surface area contributed by atoms with Crippen LogP contribution in [0, 0.1) is 17.2 Å². The molecule has 2 fully saturated rings. The summed E-state index contributed by atoms with van der Waals surface area (Å²) in [5, 5.41) is 8.97. The van der Waals surface area contributed by atoms with Crippen molar-refractivity contribution in [1.29, 1.82) is 5.26 Å². The molecule has 2 aliphatic heterocycles. The first-order valence-electron chi connectivity index (χ1n) is 10.5. The Hall–Kier alpha value is -3.38. The first-order chi connectivity index (χ1) is 15.8. The van der Waals surface area contributed by atoms with E-state index in [4.69, 9.17) is 14.7 Å². The predicted molar refractivity (Wildman–Crippen MR) is 110 cm³/mol. The first-order valence-corrected chi connectivity index (χ1v) is 10.5. The lowest BCUT2D eigenvalue weighted by molar-refractivity contribution is -0.137. The third-order valence-corrected chi connectivity index (χ3v) is 6.04. The third-order valence-electron chi connectivity index (χ3n) is 6.04. The van der Waals surface area contributed by atoms with E-state index in [1.165, 1.54) is 12.1 Å². The maximum Gasteiger partial charge on any atom is 0.417 e. The fraction of sp³-hybridized carbons (Fsp3) is 0.375. The molecule has 0 spiro atoms. The molecule has 2 bridgehead atoms. The van der Waals surface area contributed by atoms with Crippen LogP contribution in [-0.2, 0) is 22.3 Å². The number of morpholine rings is 1. The second-order valence-corrected chi connectivity index (χ2v) is 8.20. The lowest BCUT2D eigenvalue weighted by Gasteiger charge is -2.47. The smallest absolute Gasteiger partial charge is 0.417 e. The van der Waals surface area contributed by atoms with Gasteiger partial charge in [0.05, 0.1) is 42.5 Å². The van der Waals surface area contributed by atoms with E-state index < -0.39 is 47.2 Å². The molecule has 0 saturated carbocycles. The van der Waals surface area contributed by atoms with E-state index in [9.17, 15) is 22.8 Å². The van der Waals surface area contributed by atoms with Crippen LogP contribution in [0.1, 0.15) is 39.9 Å². The van der Waals surface area contributed by atoms with Gasteiger partial charge in [-0.15, -0.1) is 0 Å². The van der Waals surface area contributed by atoms with E-state index in [2.05, 4.69) is 0 Å². The van der Waals surface area contributed by atoms with Crippen molar-refractivity contribution in [3.8, 4) is 6.07 Å². The van der Waals surface area contributed by atoms with Crippen LogP contribution in [0.15, 0.2) is 48.5 Å². The standard InChI is InChI=1S/C24H21F3N2O4/c25-24(26,27)21-10-16(6-7-17(21)11-28)22(30)18-8-19-13-32-14-20(9-18)29(19)23(31)33-12-15-4-2-1-3-5-15/h1-7,10,18-20H,8-9,12-14H2. The average molecular weight is 458 g/mol. The summed E-state index contributed by atoms with van der Waals surface area (Å²) in [5.74, 6) is -0.990. The number of Topliss-reactive ketones (excluding diaryl/α,β-unsaturated/α-hetero) is 1. The summed E-state index contributed by atoms with van der Waals surface area (Å²) in [6.07, 6.45) is -4.72. The summed E-state index contributed by atoms with van der Waals surface area (Å²) < 4.78 is 50.9. The largest absolute Gasteiger partial charge is 0.445 e. The summed E-state index contributed by atoms with van der Waals surface area (Å²) in [6.45, 7) is 0.564. The molecule has 33 heavy (non-hydrogen) atoms. The number of hydrogen-bond acceptors (Lipinski definition) is 5. The topological polar surface area (TPSA) is 79.6 Å². The highest BCUT2D eigenvalue weighted by atomic mass is 19.4. The number of benzene rings is 2. The maximum absolute atomic E-state index is 13.3. The molecule has 2 aliphatic rings. The Morgan fingerprint density at radius 1 is 1.09 bits per heavy atom. The van der Waals surface area contributed by atoms with Crippen molar-refractivity contribution in [1.82, 2.24) is 4.90 Å². The minimum absolute atomic E-state index is 0.0922. The molecule has 0 N–H and O–H groups in total.